The van der Waals surface area contributed by atoms with Gasteiger partial charge in [-0.3, -0.25) is 14.4 Å². The van der Waals surface area contributed by atoms with Crippen LogP contribution in [0.5, 0.6) is 0 Å². The molecule has 3 atom stereocenters. The van der Waals surface area contributed by atoms with Crippen molar-refractivity contribution in [2.75, 3.05) is 36.5 Å². The number of para-hydroxylation sites is 1. The maximum Gasteiger partial charge on any atom is 0.303 e. The van der Waals surface area contributed by atoms with E-state index in [1.54, 1.807) is 0 Å². The Hall–Kier alpha value is -4.29. The number of carbonyl (C=O) groups is 3. The van der Waals surface area contributed by atoms with E-state index in [-0.39, 0.29) is 43.5 Å². The number of hydrogen-bond donors (Lipinski definition) is 4. The molecule has 3 aromatic rings. The van der Waals surface area contributed by atoms with Gasteiger partial charge < -0.3 is 40.1 Å². The molecule has 3 aliphatic rings. The largest absolute Gasteiger partial charge is 0.481 e. The first kappa shape index (κ1) is 33.6. The molecule has 3 fully saturated rings. The lowest BCUT2D eigenvalue weighted by molar-refractivity contribution is -0.253. The number of amides is 2. The Bertz CT molecular complexity index is 1560. The number of carbonyl (C=O) groups excluding carboxylic acids is 2. The number of piperidine rings is 1. The molecule has 0 bridgehead atoms. The Labute approximate surface area is 280 Å². The highest BCUT2D eigenvalue weighted by molar-refractivity contribution is 5.93. The number of anilines is 2. The van der Waals surface area contributed by atoms with Crippen LogP contribution in [-0.2, 0) is 30.5 Å². The minimum Gasteiger partial charge on any atom is -0.481 e. The smallest absolute Gasteiger partial charge is 0.303 e. The van der Waals surface area contributed by atoms with Crippen LogP contribution in [0.1, 0.15) is 74.0 Å². The van der Waals surface area contributed by atoms with Gasteiger partial charge in [0.05, 0.1) is 25.5 Å². The van der Waals surface area contributed by atoms with Crippen molar-refractivity contribution in [1.82, 2.24) is 10.2 Å². The molecule has 11 nitrogen and oxygen atoms in total. The molecule has 3 heterocycles. The Balaban J connectivity index is 1.14. The van der Waals surface area contributed by atoms with E-state index >= 15 is 0 Å². The van der Waals surface area contributed by atoms with Crippen molar-refractivity contribution in [3.8, 4) is 0 Å². The summed E-state index contributed by atoms with van der Waals surface area (Å²) in [6, 6.07) is 25.3. The monoisotopic (exact) mass is 656 g/mol. The third kappa shape index (κ3) is 7.87. The molecule has 1 spiro atoms. The summed E-state index contributed by atoms with van der Waals surface area (Å²) in [5.41, 5.74) is 3.71. The zero-order valence-electron chi connectivity index (χ0n) is 27.1. The fraction of sp³-hybridized carbons (Fsp3) is 0.432. The number of unbranched alkanes of at least 4 members (excludes halogenated alkanes) is 1. The number of nitrogens with one attached hydrogen (secondary N) is 2. The number of carboxylic acids is 1. The SMILES string of the molecule is O=C(O)CCCCC(=O)Nc1cccc([C@H]2O[C@@H](CN3CCC4(CC3)C(=O)NCN4c3ccccc3)C[C@@H](c3ccc(CO)cc3)O2)c1. The third-order valence-corrected chi connectivity index (χ3v) is 9.65. The van der Waals surface area contributed by atoms with E-state index in [9.17, 15) is 19.5 Å². The lowest BCUT2D eigenvalue weighted by atomic mass is 9.85. The lowest BCUT2D eigenvalue weighted by Gasteiger charge is -2.45. The summed E-state index contributed by atoms with van der Waals surface area (Å²) in [7, 11) is 0. The molecule has 4 N–H and O–H groups in total. The number of carboxylic acid groups (broad SMARTS) is 1. The first-order valence-electron chi connectivity index (χ1n) is 16.8. The van der Waals surface area contributed by atoms with E-state index in [0.717, 1.165) is 35.5 Å². The standard InChI is InChI=1S/C37H44N4O7/c42-24-26-13-15-27(16-14-26)32-22-31(23-40-19-17-37(18-20-40)36(46)38-25-41(37)30-9-2-1-3-10-30)47-35(48-32)28-7-6-8-29(21-28)39-33(43)11-4-5-12-34(44)45/h1-3,6-10,13-16,21,31-32,35,42H,4-5,11-12,17-20,22-25H2,(H,38,46)(H,39,43)(H,44,45)/t31-,32+,35+/m1/s1. The molecule has 0 radical (unpaired) electrons. The quantitative estimate of drug-likeness (QED) is 0.204. The van der Waals surface area contributed by atoms with Crippen LogP contribution < -0.4 is 15.5 Å². The van der Waals surface area contributed by atoms with Crippen LogP contribution in [0.2, 0.25) is 0 Å². The number of aliphatic hydroxyl groups excluding tert-OH is 1. The maximum absolute atomic E-state index is 13.2. The van der Waals surface area contributed by atoms with Gasteiger partial charge in [0.15, 0.2) is 6.29 Å². The van der Waals surface area contributed by atoms with E-state index in [4.69, 9.17) is 14.6 Å². The van der Waals surface area contributed by atoms with Gasteiger partial charge in [0.1, 0.15) is 5.54 Å². The Morgan fingerprint density at radius 2 is 1.67 bits per heavy atom. The van der Waals surface area contributed by atoms with Gasteiger partial charge in [-0.15, -0.1) is 0 Å². The summed E-state index contributed by atoms with van der Waals surface area (Å²) in [6.45, 7) is 2.67. The summed E-state index contributed by atoms with van der Waals surface area (Å²) in [4.78, 5) is 41.1. The first-order valence-corrected chi connectivity index (χ1v) is 16.8. The summed E-state index contributed by atoms with van der Waals surface area (Å²) in [5.74, 6) is -0.948. The average molecular weight is 657 g/mol. The van der Waals surface area contributed by atoms with Crippen LogP contribution in [-0.4, -0.2) is 70.8 Å². The van der Waals surface area contributed by atoms with Gasteiger partial charge in [-0.25, -0.2) is 0 Å². The predicted octanol–water partition coefficient (Wildman–Crippen LogP) is 4.74. The number of benzene rings is 3. The second-order valence-electron chi connectivity index (χ2n) is 12.9. The zero-order valence-corrected chi connectivity index (χ0v) is 27.1. The number of aliphatic hydroxyl groups is 1. The number of ether oxygens (including phenoxy) is 2. The summed E-state index contributed by atoms with van der Waals surface area (Å²) in [5, 5.41) is 24.4. The molecule has 3 aromatic carbocycles. The molecule has 2 amide bonds. The molecule has 6 rings (SSSR count). The van der Waals surface area contributed by atoms with Crippen LogP contribution in [0.4, 0.5) is 11.4 Å². The molecule has 11 heteroatoms. The van der Waals surface area contributed by atoms with E-state index in [2.05, 4.69) is 32.6 Å². The molecule has 3 saturated heterocycles. The minimum absolute atomic E-state index is 0.0333. The molecule has 0 aliphatic carbocycles. The van der Waals surface area contributed by atoms with Crippen LogP contribution in [0, 0.1) is 0 Å². The normalized spacial score (nSPS) is 22.4. The van der Waals surface area contributed by atoms with Crippen LogP contribution >= 0.6 is 0 Å². The molecule has 3 aliphatic heterocycles. The molecule has 0 aromatic heterocycles. The van der Waals surface area contributed by atoms with Crippen LogP contribution in [0.3, 0.4) is 0 Å². The molecule has 0 saturated carbocycles. The van der Waals surface area contributed by atoms with Crippen molar-refractivity contribution >= 4 is 29.2 Å². The Kier molecular flexibility index (Phi) is 10.7. The van der Waals surface area contributed by atoms with Gasteiger partial charge in [-0.1, -0.05) is 54.6 Å². The van der Waals surface area contributed by atoms with Crippen molar-refractivity contribution in [1.29, 1.82) is 0 Å². The number of aliphatic carboxylic acids is 1. The molecule has 0 unspecified atom stereocenters. The topological polar surface area (TPSA) is 141 Å². The highest BCUT2D eigenvalue weighted by Crippen LogP contribution is 2.40. The second kappa shape index (κ2) is 15.3. The van der Waals surface area contributed by atoms with Gasteiger partial charge in [-0.05, 0) is 61.1 Å². The molecule has 254 valence electrons. The van der Waals surface area contributed by atoms with Crippen molar-refractivity contribution in [2.24, 2.45) is 0 Å². The lowest BCUT2D eigenvalue weighted by Crippen LogP contribution is -2.57. The summed E-state index contributed by atoms with van der Waals surface area (Å²) in [6.07, 6.45) is 2.21. The van der Waals surface area contributed by atoms with Crippen LogP contribution in [0.15, 0.2) is 78.9 Å². The van der Waals surface area contributed by atoms with Crippen molar-refractivity contribution < 1.29 is 34.1 Å². The van der Waals surface area contributed by atoms with Gasteiger partial charge in [0.2, 0.25) is 11.8 Å². The molecular formula is C37H44N4O7. The van der Waals surface area contributed by atoms with Gasteiger partial charge in [0, 0.05) is 55.8 Å². The highest BCUT2D eigenvalue weighted by Gasteiger charge is 2.50. The predicted molar refractivity (Wildman–Crippen MR) is 180 cm³/mol. The average Bonchev–Trinajstić information content (AvgIpc) is 3.42. The zero-order chi connectivity index (χ0) is 33.5. The Morgan fingerprint density at radius 3 is 2.40 bits per heavy atom. The Morgan fingerprint density at radius 1 is 0.917 bits per heavy atom. The number of likely N-dealkylation sites (tertiary alicyclic amines) is 1. The molecular weight excluding hydrogens is 612 g/mol. The molecule has 48 heavy (non-hydrogen) atoms. The van der Waals surface area contributed by atoms with Gasteiger partial charge >= 0.3 is 5.97 Å². The first-order chi connectivity index (χ1) is 23.3. The summed E-state index contributed by atoms with van der Waals surface area (Å²) >= 11 is 0. The fourth-order valence-corrected chi connectivity index (χ4v) is 7.01. The van der Waals surface area contributed by atoms with Gasteiger partial charge in [0.25, 0.3) is 0 Å². The number of rotatable bonds is 12. The maximum atomic E-state index is 13.2. The number of nitrogens with zero attached hydrogens (tertiary/aromatic N) is 2. The third-order valence-electron chi connectivity index (χ3n) is 9.65. The summed E-state index contributed by atoms with van der Waals surface area (Å²) < 4.78 is 13.1. The van der Waals surface area contributed by atoms with Crippen molar-refractivity contribution in [2.45, 2.75) is 75.6 Å². The minimum atomic E-state index is -0.864. The second-order valence-corrected chi connectivity index (χ2v) is 12.9. The fourth-order valence-electron chi connectivity index (χ4n) is 7.01. The van der Waals surface area contributed by atoms with Crippen molar-refractivity contribution in [3.63, 3.8) is 0 Å². The van der Waals surface area contributed by atoms with Crippen LogP contribution in [0.25, 0.3) is 0 Å². The van der Waals surface area contributed by atoms with E-state index in [0.29, 0.717) is 51.0 Å². The van der Waals surface area contributed by atoms with E-state index in [1.807, 2.05) is 66.7 Å². The number of hydrogen-bond acceptors (Lipinski definition) is 8. The van der Waals surface area contributed by atoms with E-state index < -0.39 is 17.8 Å². The highest BCUT2D eigenvalue weighted by atomic mass is 16.7. The van der Waals surface area contributed by atoms with E-state index in [1.165, 1.54) is 0 Å². The van der Waals surface area contributed by atoms with Crippen molar-refractivity contribution in [3.05, 3.63) is 95.6 Å². The van der Waals surface area contributed by atoms with Gasteiger partial charge in [-0.2, -0.15) is 0 Å².